The molecule has 0 amide bonds. The Kier molecular flexibility index (Phi) is 7.28. The predicted molar refractivity (Wildman–Crippen MR) is 76.6 cm³/mol. The van der Waals surface area contributed by atoms with Crippen molar-refractivity contribution in [2.75, 3.05) is 19.4 Å². The van der Waals surface area contributed by atoms with Crippen molar-refractivity contribution in [3.63, 3.8) is 0 Å². The second-order valence-corrected chi connectivity index (χ2v) is 4.69. The highest BCUT2D eigenvalue weighted by Gasteiger charge is 2.05. The van der Waals surface area contributed by atoms with Gasteiger partial charge in [0, 0.05) is 19.0 Å². The highest BCUT2D eigenvalue weighted by atomic mass is 32.2. The van der Waals surface area contributed by atoms with Gasteiger partial charge in [-0.15, -0.1) is 0 Å². The van der Waals surface area contributed by atoms with Crippen LogP contribution in [0.3, 0.4) is 0 Å². The van der Waals surface area contributed by atoms with E-state index in [4.69, 9.17) is 9.47 Å². The van der Waals surface area contributed by atoms with Crippen molar-refractivity contribution in [2.45, 2.75) is 26.4 Å². The van der Waals surface area contributed by atoms with Crippen LogP contribution in [0, 0.1) is 0 Å². The number of rotatable bonds is 9. The summed E-state index contributed by atoms with van der Waals surface area (Å²) in [6.45, 7) is 4.61. The van der Waals surface area contributed by atoms with E-state index in [9.17, 15) is 4.79 Å². The van der Waals surface area contributed by atoms with Gasteiger partial charge in [0.05, 0.1) is 6.20 Å². The molecule has 1 atom stereocenters. The molecule has 1 N–H and O–H groups in total. The van der Waals surface area contributed by atoms with Crippen LogP contribution in [-0.2, 0) is 4.79 Å². The van der Waals surface area contributed by atoms with Crippen molar-refractivity contribution >= 4 is 17.7 Å². The molecule has 0 aromatic carbocycles. The minimum absolute atomic E-state index is 0.0355. The number of hydrogen-bond acceptors (Lipinski definition) is 6. The molecule has 0 aliphatic heterocycles. The summed E-state index contributed by atoms with van der Waals surface area (Å²) in [5.41, 5.74) is 0. The van der Waals surface area contributed by atoms with E-state index in [-0.39, 0.29) is 18.5 Å². The molecule has 0 unspecified atom stereocenters. The number of Topliss-reactive ketones (excluding diaryl/α,β-unsaturated/α-hetero) is 1. The number of ether oxygens (including phenoxy) is 2. The quantitative estimate of drug-likeness (QED) is 0.701. The molecule has 1 heterocycles. The van der Waals surface area contributed by atoms with E-state index < -0.39 is 0 Å². The van der Waals surface area contributed by atoms with Crippen molar-refractivity contribution in [3.8, 4) is 11.6 Å². The molecule has 1 rings (SSSR count). The van der Waals surface area contributed by atoms with Gasteiger partial charge >= 0.3 is 0 Å². The average molecular weight is 284 g/mol. The Labute approximate surface area is 118 Å². The maximum absolute atomic E-state index is 11.1. The Hall–Kier alpha value is -1.27. The van der Waals surface area contributed by atoms with Crippen LogP contribution < -0.4 is 14.2 Å². The molecule has 19 heavy (non-hydrogen) atoms. The molecule has 0 aliphatic rings. The van der Waals surface area contributed by atoms with E-state index in [1.807, 2.05) is 20.1 Å². The maximum atomic E-state index is 11.1. The first kappa shape index (κ1) is 15.8. The van der Waals surface area contributed by atoms with Crippen molar-refractivity contribution < 1.29 is 14.3 Å². The maximum Gasteiger partial charge on any atom is 0.213 e. The molecular formula is C13H20N2O3S. The van der Waals surface area contributed by atoms with Gasteiger partial charge in [-0.3, -0.25) is 9.52 Å². The topological polar surface area (TPSA) is 60.5 Å². The van der Waals surface area contributed by atoms with Crippen molar-refractivity contribution in [1.29, 1.82) is 0 Å². The second-order valence-electron chi connectivity index (χ2n) is 3.99. The molecule has 0 fully saturated rings. The van der Waals surface area contributed by atoms with Crippen molar-refractivity contribution in [1.82, 2.24) is 9.71 Å². The Bertz CT molecular complexity index is 384. The first-order valence-electron chi connectivity index (χ1n) is 6.18. The summed E-state index contributed by atoms with van der Waals surface area (Å²) in [5, 5.41) is 0. The lowest BCUT2D eigenvalue weighted by molar-refractivity contribution is -0.120. The fourth-order valence-corrected chi connectivity index (χ4v) is 1.64. The molecule has 0 radical (unpaired) electrons. The molecule has 6 heteroatoms. The van der Waals surface area contributed by atoms with Crippen LogP contribution in [0.1, 0.15) is 20.3 Å². The molecule has 1 aromatic heterocycles. The molecule has 0 saturated carbocycles. The minimum Gasteiger partial charge on any atom is -0.484 e. The highest BCUT2D eigenvalue weighted by molar-refractivity contribution is 7.96. The third-order valence-corrected chi connectivity index (χ3v) is 2.80. The number of nitrogens with zero attached hydrogens (tertiary/aromatic N) is 1. The van der Waals surface area contributed by atoms with Crippen LogP contribution in [-0.4, -0.2) is 36.3 Å². The molecule has 1 aromatic rings. The predicted octanol–water partition coefficient (Wildman–Crippen LogP) is 2.07. The summed E-state index contributed by atoms with van der Waals surface area (Å²) in [6, 6.07) is 3.49. The summed E-state index contributed by atoms with van der Waals surface area (Å²) in [4.78, 5) is 15.3. The van der Waals surface area contributed by atoms with Gasteiger partial charge in [-0.2, -0.15) is 0 Å². The Morgan fingerprint density at radius 3 is 2.89 bits per heavy atom. The Morgan fingerprint density at radius 2 is 2.32 bits per heavy atom. The molecule has 0 bridgehead atoms. The lowest BCUT2D eigenvalue weighted by atomic mass is 10.3. The summed E-state index contributed by atoms with van der Waals surface area (Å²) in [7, 11) is 0. The summed E-state index contributed by atoms with van der Waals surface area (Å²) >= 11 is 1.55. The van der Waals surface area contributed by atoms with Crippen molar-refractivity contribution in [3.05, 3.63) is 18.3 Å². The molecular weight excluding hydrogens is 264 g/mol. The van der Waals surface area contributed by atoms with Gasteiger partial charge in [-0.1, -0.05) is 18.9 Å². The van der Waals surface area contributed by atoms with E-state index in [0.717, 1.165) is 6.54 Å². The number of ketones is 1. The van der Waals surface area contributed by atoms with E-state index in [2.05, 4.69) is 9.71 Å². The first-order valence-corrected chi connectivity index (χ1v) is 7.41. The standard InChI is InChI=1S/C13H20N2O3S/c1-4-11(16)9-17-12-5-6-13(14-8-12)18-10(2)7-15-19-3/h5-6,8,10,15H,4,7,9H2,1-3H3/t10-/m0/s1. The van der Waals surface area contributed by atoms with E-state index >= 15 is 0 Å². The fraction of sp³-hybridized carbons (Fsp3) is 0.538. The van der Waals surface area contributed by atoms with Gasteiger partial charge < -0.3 is 9.47 Å². The molecule has 0 aliphatic carbocycles. The van der Waals surface area contributed by atoms with Gasteiger partial charge in [-0.25, -0.2) is 4.98 Å². The minimum atomic E-state index is 0.0355. The van der Waals surface area contributed by atoms with Gasteiger partial charge in [0.25, 0.3) is 0 Å². The van der Waals surface area contributed by atoms with Crippen LogP contribution >= 0.6 is 11.9 Å². The third-order valence-electron chi connectivity index (χ3n) is 2.34. The fourth-order valence-electron chi connectivity index (χ4n) is 1.24. The number of carbonyl (C=O) groups is 1. The summed E-state index contributed by atoms with van der Waals surface area (Å²) in [5.74, 6) is 1.19. The third kappa shape index (κ3) is 6.45. The van der Waals surface area contributed by atoms with Gasteiger partial charge in [0.1, 0.15) is 18.5 Å². The zero-order valence-electron chi connectivity index (χ0n) is 11.5. The molecule has 106 valence electrons. The summed E-state index contributed by atoms with van der Waals surface area (Å²) in [6.07, 6.45) is 4.05. The second kappa shape index (κ2) is 8.77. The van der Waals surface area contributed by atoms with Crippen LogP contribution in [0.15, 0.2) is 18.3 Å². The number of nitrogens with one attached hydrogen (secondary N) is 1. The van der Waals surface area contributed by atoms with E-state index in [0.29, 0.717) is 18.1 Å². The zero-order chi connectivity index (χ0) is 14.1. The van der Waals surface area contributed by atoms with Crippen LogP contribution in [0.4, 0.5) is 0 Å². The van der Waals surface area contributed by atoms with Crippen LogP contribution in [0.2, 0.25) is 0 Å². The van der Waals surface area contributed by atoms with Crippen LogP contribution in [0.25, 0.3) is 0 Å². The molecule has 5 nitrogen and oxygen atoms in total. The van der Waals surface area contributed by atoms with Gasteiger partial charge in [0.15, 0.2) is 5.78 Å². The number of pyridine rings is 1. The van der Waals surface area contributed by atoms with Crippen molar-refractivity contribution in [2.24, 2.45) is 0 Å². The number of hydrogen-bond donors (Lipinski definition) is 1. The average Bonchev–Trinajstić information content (AvgIpc) is 2.44. The van der Waals surface area contributed by atoms with Gasteiger partial charge in [0.2, 0.25) is 5.88 Å². The molecule has 0 saturated heterocycles. The number of carbonyl (C=O) groups excluding carboxylic acids is 1. The first-order chi connectivity index (χ1) is 9.15. The number of aromatic nitrogens is 1. The lowest BCUT2D eigenvalue weighted by Crippen LogP contribution is -2.24. The monoisotopic (exact) mass is 284 g/mol. The largest absolute Gasteiger partial charge is 0.484 e. The normalized spacial score (nSPS) is 11.9. The Morgan fingerprint density at radius 1 is 1.53 bits per heavy atom. The van der Waals surface area contributed by atoms with E-state index in [1.54, 1.807) is 30.3 Å². The SMILES string of the molecule is CCC(=O)COc1ccc(O[C@@H](C)CNSC)nc1. The lowest BCUT2D eigenvalue weighted by Gasteiger charge is -2.13. The zero-order valence-corrected chi connectivity index (χ0v) is 12.3. The molecule has 0 spiro atoms. The Balaban J connectivity index is 2.40. The van der Waals surface area contributed by atoms with Gasteiger partial charge in [-0.05, 0) is 19.2 Å². The smallest absolute Gasteiger partial charge is 0.213 e. The van der Waals surface area contributed by atoms with E-state index in [1.165, 1.54) is 0 Å². The van der Waals surface area contributed by atoms with Crippen LogP contribution in [0.5, 0.6) is 11.6 Å². The summed E-state index contributed by atoms with van der Waals surface area (Å²) < 4.78 is 14.0. The highest BCUT2D eigenvalue weighted by Crippen LogP contribution is 2.15.